The Morgan fingerprint density at radius 1 is 1.33 bits per heavy atom. The molecule has 0 amide bonds. The van der Waals surface area contributed by atoms with Crippen LogP contribution in [0.25, 0.3) is 0 Å². The zero-order valence-corrected chi connectivity index (χ0v) is 12.7. The standard InChI is InChI=1S/C14H21ClN2S/c1-17(2)10-11-6-3-4-7-12(11)18-14-9-5-8-13(15)16-14/h5,8-9,11-12H,3-4,6-7,10H2,1-2H3/t11-,12+/m0/s1. The van der Waals surface area contributed by atoms with Crippen LogP contribution in [0.2, 0.25) is 5.15 Å². The van der Waals surface area contributed by atoms with Gasteiger partial charge in [0, 0.05) is 11.8 Å². The molecule has 1 heterocycles. The van der Waals surface area contributed by atoms with Crippen LogP contribution in [0, 0.1) is 5.92 Å². The molecule has 1 saturated carbocycles. The van der Waals surface area contributed by atoms with Gasteiger partial charge in [0.2, 0.25) is 0 Å². The fourth-order valence-corrected chi connectivity index (χ4v) is 4.15. The minimum Gasteiger partial charge on any atom is -0.309 e. The van der Waals surface area contributed by atoms with Gasteiger partial charge in [0.1, 0.15) is 5.15 Å². The molecule has 1 fully saturated rings. The molecule has 1 aliphatic rings. The predicted molar refractivity (Wildman–Crippen MR) is 79.4 cm³/mol. The third-order valence-electron chi connectivity index (χ3n) is 3.40. The Bertz CT molecular complexity index is 384. The summed E-state index contributed by atoms with van der Waals surface area (Å²) in [4.78, 5) is 6.70. The van der Waals surface area contributed by atoms with Gasteiger partial charge in [0.05, 0.1) is 5.03 Å². The van der Waals surface area contributed by atoms with Crippen LogP contribution < -0.4 is 0 Å². The summed E-state index contributed by atoms with van der Waals surface area (Å²) in [5.41, 5.74) is 0. The summed E-state index contributed by atoms with van der Waals surface area (Å²) in [5.74, 6) is 0.777. The predicted octanol–water partition coefficient (Wildman–Crippen LogP) is 3.95. The number of pyridine rings is 1. The Kier molecular flexibility index (Phi) is 5.34. The van der Waals surface area contributed by atoms with Crippen molar-refractivity contribution < 1.29 is 0 Å². The minimum absolute atomic E-state index is 0.597. The fraction of sp³-hybridized carbons (Fsp3) is 0.643. The SMILES string of the molecule is CN(C)C[C@@H]1CCCC[C@H]1Sc1cccc(Cl)n1. The Morgan fingerprint density at radius 2 is 2.11 bits per heavy atom. The van der Waals surface area contributed by atoms with Crippen LogP contribution >= 0.6 is 23.4 Å². The third-order valence-corrected chi connectivity index (χ3v) is 5.00. The second kappa shape index (κ2) is 6.78. The molecule has 2 nitrogen and oxygen atoms in total. The van der Waals surface area contributed by atoms with E-state index in [0.717, 1.165) is 10.9 Å². The first kappa shape index (κ1) is 14.2. The van der Waals surface area contributed by atoms with Crippen molar-refractivity contribution in [3.63, 3.8) is 0 Å². The van der Waals surface area contributed by atoms with E-state index >= 15 is 0 Å². The molecule has 0 bridgehead atoms. The molecule has 0 N–H and O–H groups in total. The average Bonchev–Trinajstić information content (AvgIpc) is 2.31. The molecule has 0 aromatic carbocycles. The highest BCUT2D eigenvalue weighted by molar-refractivity contribution is 7.99. The van der Waals surface area contributed by atoms with Crippen LogP contribution in [0.5, 0.6) is 0 Å². The average molecular weight is 285 g/mol. The first-order chi connectivity index (χ1) is 8.65. The molecule has 1 aliphatic carbocycles. The van der Waals surface area contributed by atoms with E-state index < -0.39 is 0 Å². The van der Waals surface area contributed by atoms with Gasteiger partial charge in [-0.3, -0.25) is 0 Å². The molecule has 2 atom stereocenters. The monoisotopic (exact) mass is 284 g/mol. The molecule has 1 aromatic rings. The maximum Gasteiger partial charge on any atom is 0.130 e. The van der Waals surface area contributed by atoms with Gasteiger partial charge >= 0.3 is 0 Å². The Morgan fingerprint density at radius 3 is 2.83 bits per heavy atom. The van der Waals surface area contributed by atoms with Crippen molar-refractivity contribution in [2.24, 2.45) is 5.92 Å². The molecule has 2 rings (SSSR count). The lowest BCUT2D eigenvalue weighted by atomic mass is 9.88. The largest absolute Gasteiger partial charge is 0.309 e. The zero-order chi connectivity index (χ0) is 13.0. The topological polar surface area (TPSA) is 16.1 Å². The van der Waals surface area contributed by atoms with Crippen LogP contribution in [0.15, 0.2) is 23.2 Å². The summed E-state index contributed by atoms with van der Waals surface area (Å²) >= 11 is 7.86. The lowest BCUT2D eigenvalue weighted by Gasteiger charge is -2.32. The smallest absolute Gasteiger partial charge is 0.130 e. The van der Waals surface area contributed by atoms with Crippen molar-refractivity contribution in [3.05, 3.63) is 23.4 Å². The fourth-order valence-electron chi connectivity index (χ4n) is 2.62. The van der Waals surface area contributed by atoms with Gasteiger partial charge in [-0.05, 0) is 45.0 Å². The highest BCUT2D eigenvalue weighted by Gasteiger charge is 2.26. The lowest BCUT2D eigenvalue weighted by Crippen LogP contribution is -2.31. The summed E-state index contributed by atoms with van der Waals surface area (Å²) in [7, 11) is 4.32. The van der Waals surface area contributed by atoms with E-state index in [0.29, 0.717) is 10.4 Å². The van der Waals surface area contributed by atoms with Gasteiger partial charge in [0.15, 0.2) is 0 Å². The van der Waals surface area contributed by atoms with Crippen molar-refractivity contribution in [1.82, 2.24) is 9.88 Å². The number of hydrogen-bond acceptors (Lipinski definition) is 3. The van der Waals surface area contributed by atoms with E-state index in [1.54, 1.807) is 0 Å². The van der Waals surface area contributed by atoms with Gasteiger partial charge in [-0.25, -0.2) is 4.98 Å². The Balaban J connectivity index is 2.00. The second-order valence-corrected chi connectivity index (χ2v) is 6.91. The summed E-state index contributed by atoms with van der Waals surface area (Å²) in [6.07, 6.45) is 5.37. The first-order valence-electron chi connectivity index (χ1n) is 6.59. The molecule has 18 heavy (non-hydrogen) atoms. The lowest BCUT2D eigenvalue weighted by molar-refractivity contribution is 0.271. The number of hydrogen-bond donors (Lipinski definition) is 0. The highest BCUT2D eigenvalue weighted by Crippen LogP contribution is 2.37. The third kappa shape index (κ3) is 4.15. The van der Waals surface area contributed by atoms with Gasteiger partial charge in [-0.1, -0.05) is 30.5 Å². The van der Waals surface area contributed by atoms with Crippen molar-refractivity contribution >= 4 is 23.4 Å². The van der Waals surface area contributed by atoms with E-state index in [-0.39, 0.29) is 0 Å². The maximum atomic E-state index is 5.95. The molecule has 4 heteroatoms. The number of halogens is 1. The zero-order valence-electron chi connectivity index (χ0n) is 11.1. The normalized spacial score (nSPS) is 24.4. The molecule has 0 radical (unpaired) electrons. The van der Waals surface area contributed by atoms with E-state index in [2.05, 4.69) is 30.0 Å². The van der Waals surface area contributed by atoms with E-state index in [4.69, 9.17) is 11.6 Å². The molecule has 0 spiro atoms. The Labute approximate surface area is 119 Å². The van der Waals surface area contributed by atoms with Crippen molar-refractivity contribution in [3.8, 4) is 0 Å². The second-order valence-electron chi connectivity index (χ2n) is 5.26. The van der Waals surface area contributed by atoms with Crippen LogP contribution in [0.1, 0.15) is 25.7 Å². The summed E-state index contributed by atoms with van der Waals surface area (Å²) in [5, 5.41) is 2.35. The van der Waals surface area contributed by atoms with Crippen molar-refractivity contribution in [2.45, 2.75) is 36.0 Å². The molecule has 0 saturated heterocycles. The maximum absolute atomic E-state index is 5.95. The van der Waals surface area contributed by atoms with E-state index in [1.165, 1.54) is 32.2 Å². The summed E-state index contributed by atoms with van der Waals surface area (Å²) < 4.78 is 0. The number of nitrogens with zero attached hydrogens (tertiary/aromatic N) is 2. The van der Waals surface area contributed by atoms with Gasteiger partial charge in [-0.15, -0.1) is 11.8 Å². The Hall–Kier alpha value is -0.250. The number of rotatable bonds is 4. The van der Waals surface area contributed by atoms with Gasteiger partial charge in [-0.2, -0.15) is 0 Å². The van der Waals surface area contributed by atoms with Gasteiger partial charge < -0.3 is 4.90 Å². The minimum atomic E-state index is 0.597. The van der Waals surface area contributed by atoms with E-state index in [1.807, 2.05) is 23.9 Å². The van der Waals surface area contributed by atoms with Gasteiger partial charge in [0.25, 0.3) is 0 Å². The molecular formula is C14H21ClN2S. The molecule has 100 valence electrons. The van der Waals surface area contributed by atoms with Crippen molar-refractivity contribution in [2.75, 3.05) is 20.6 Å². The summed E-state index contributed by atoms with van der Waals surface area (Å²) in [6, 6.07) is 5.89. The summed E-state index contributed by atoms with van der Waals surface area (Å²) in [6.45, 7) is 1.18. The molecule has 1 aromatic heterocycles. The van der Waals surface area contributed by atoms with Crippen LogP contribution in [0.3, 0.4) is 0 Å². The number of aromatic nitrogens is 1. The molecule has 0 aliphatic heterocycles. The molecule has 0 unspecified atom stereocenters. The number of thioether (sulfide) groups is 1. The van der Waals surface area contributed by atoms with Crippen molar-refractivity contribution in [1.29, 1.82) is 0 Å². The van der Waals surface area contributed by atoms with Crippen LogP contribution in [-0.4, -0.2) is 35.8 Å². The molecular weight excluding hydrogens is 264 g/mol. The quantitative estimate of drug-likeness (QED) is 0.779. The highest BCUT2D eigenvalue weighted by atomic mass is 35.5. The van der Waals surface area contributed by atoms with Crippen LogP contribution in [-0.2, 0) is 0 Å². The first-order valence-corrected chi connectivity index (χ1v) is 7.85. The van der Waals surface area contributed by atoms with E-state index in [9.17, 15) is 0 Å². The van der Waals surface area contributed by atoms with Crippen LogP contribution in [0.4, 0.5) is 0 Å².